The van der Waals surface area contributed by atoms with Gasteiger partial charge in [0.15, 0.2) is 17.0 Å². The highest BCUT2D eigenvalue weighted by Gasteiger charge is 2.12. The fraction of sp³-hybridized carbons (Fsp3) is 0.235. The lowest BCUT2D eigenvalue weighted by Crippen LogP contribution is -2.11. The van der Waals surface area contributed by atoms with Gasteiger partial charge in [0.1, 0.15) is 5.75 Å². The van der Waals surface area contributed by atoms with E-state index in [-0.39, 0.29) is 6.04 Å². The van der Waals surface area contributed by atoms with Crippen LogP contribution in [0.1, 0.15) is 23.9 Å². The van der Waals surface area contributed by atoms with E-state index in [1.54, 1.807) is 7.11 Å². The number of para-hydroxylation sites is 1. The van der Waals surface area contributed by atoms with Gasteiger partial charge in [0, 0.05) is 12.5 Å². The highest BCUT2D eigenvalue weighted by atomic mass is 16.5. The van der Waals surface area contributed by atoms with E-state index in [9.17, 15) is 0 Å². The molecule has 108 valence electrons. The molecule has 0 saturated heterocycles. The first-order valence-corrected chi connectivity index (χ1v) is 7.01. The lowest BCUT2D eigenvalue weighted by Gasteiger charge is -2.10. The third-order valence-corrected chi connectivity index (χ3v) is 3.54. The molecule has 1 unspecified atom stereocenters. The average Bonchev–Trinajstić information content (AvgIpc) is 2.96. The Morgan fingerprint density at radius 2 is 1.95 bits per heavy atom. The second-order valence-electron chi connectivity index (χ2n) is 4.97. The van der Waals surface area contributed by atoms with Crippen LogP contribution in [0, 0.1) is 0 Å². The summed E-state index contributed by atoms with van der Waals surface area (Å²) in [5.74, 6) is 1.43. The Hall–Kier alpha value is -2.33. The van der Waals surface area contributed by atoms with Gasteiger partial charge in [0.05, 0.1) is 7.11 Å². The fourth-order valence-electron chi connectivity index (χ4n) is 2.39. The molecule has 3 aromatic rings. The summed E-state index contributed by atoms with van der Waals surface area (Å²) in [5, 5.41) is 0. The molecule has 0 aliphatic carbocycles. The number of hydrogen-bond acceptors (Lipinski definition) is 4. The first kappa shape index (κ1) is 13.6. The predicted octanol–water partition coefficient (Wildman–Crippen LogP) is 3.47. The maximum atomic E-state index is 6.20. The molecule has 0 aliphatic heterocycles. The lowest BCUT2D eigenvalue weighted by molar-refractivity contribution is 0.419. The van der Waals surface area contributed by atoms with Crippen molar-refractivity contribution in [1.82, 2.24) is 4.98 Å². The zero-order valence-electron chi connectivity index (χ0n) is 12.0. The van der Waals surface area contributed by atoms with Gasteiger partial charge in [-0.25, -0.2) is 4.98 Å². The summed E-state index contributed by atoms with van der Waals surface area (Å²) in [7, 11) is 1.63. The monoisotopic (exact) mass is 282 g/mol. The molecule has 1 atom stereocenters. The Bertz CT molecular complexity index is 722. The number of benzene rings is 2. The number of fused-ring (bicyclic) bond motifs is 1. The van der Waals surface area contributed by atoms with E-state index in [0.29, 0.717) is 12.3 Å². The first-order valence-electron chi connectivity index (χ1n) is 7.01. The number of oxazole rings is 1. The van der Waals surface area contributed by atoms with E-state index in [0.717, 1.165) is 28.8 Å². The third kappa shape index (κ3) is 2.90. The molecule has 0 saturated carbocycles. The van der Waals surface area contributed by atoms with Crippen molar-refractivity contribution in [3.63, 3.8) is 0 Å². The topological polar surface area (TPSA) is 61.3 Å². The average molecular weight is 282 g/mol. The van der Waals surface area contributed by atoms with Crippen LogP contribution in [-0.4, -0.2) is 12.1 Å². The van der Waals surface area contributed by atoms with Gasteiger partial charge in [-0.2, -0.15) is 0 Å². The van der Waals surface area contributed by atoms with Gasteiger partial charge in [-0.3, -0.25) is 0 Å². The number of aryl methyl sites for hydroxylation is 1. The highest BCUT2D eigenvalue weighted by Crippen LogP contribution is 2.26. The fourth-order valence-corrected chi connectivity index (χ4v) is 2.39. The molecular formula is C17H18N2O2. The molecule has 0 radical (unpaired) electrons. The lowest BCUT2D eigenvalue weighted by atomic mass is 10.0. The van der Waals surface area contributed by atoms with Crippen molar-refractivity contribution in [1.29, 1.82) is 0 Å². The molecule has 21 heavy (non-hydrogen) atoms. The van der Waals surface area contributed by atoms with Gasteiger partial charge in [-0.15, -0.1) is 0 Å². The quantitative estimate of drug-likeness (QED) is 0.778. The molecule has 0 bridgehead atoms. The Balaban J connectivity index is 1.74. The summed E-state index contributed by atoms with van der Waals surface area (Å²) in [6, 6.07) is 15.7. The summed E-state index contributed by atoms with van der Waals surface area (Å²) in [6.07, 6.45) is 1.49. The van der Waals surface area contributed by atoms with Gasteiger partial charge in [0.2, 0.25) is 0 Å². The Morgan fingerprint density at radius 1 is 1.14 bits per heavy atom. The van der Waals surface area contributed by atoms with Gasteiger partial charge < -0.3 is 14.9 Å². The van der Waals surface area contributed by atoms with Crippen LogP contribution in [0.3, 0.4) is 0 Å². The molecule has 0 aliphatic rings. The molecule has 0 spiro atoms. The molecule has 0 fully saturated rings. The number of methoxy groups -OCH3 is 1. The zero-order chi connectivity index (χ0) is 14.7. The van der Waals surface area contributed by atoms with E-state index < -0.39 is 0 Å². The second-order valence-corrected chi connectivity index (χ2v) is 4.97. The van der Waals surface area contributed by atoms with Crippen LogP contribution < -0.4 is 10.5 Å². The largest absolute Gasteiger partial charge is 0.494 e. The molecular weight excluding hydrogens is 264 g/mol. The predicted molar refractivity (Wildman–Crippen MR) is 82.3 cm³/mol. The van der Waals surface area contributed by atoms with Gasteiger partial charge in [0.25, 0.3) is 0 Å². The number of rotatable bonds is 5. The smallest absolute Gasteiger partial charge is 0.195 e. The standard InChI is InChI=1S/C17H18N2O2/c1-20-14-8-5-9-15-17(14)19-16(21-15)11-10-13(18)12-6-3-2-4-7-12/h2-9,13H,10-11,18H2,1H3. The van der Waals surface area contributed by atoms with Crippen molar-refractivity contribution < 1.29 is 9.15 Å². The molecule has 1 heterocycles. The Kier molecular flexibility index (Phi) is 3.88. The summed E-state index contributed by atoms with van der Waals surface area (Å²) < 4.78 is 11.0. The second kappa shape index (κ2) is 5.97. The van der Waals surface area contributed by atoms with Crippen LogP contribution in [0.4, 0.5) is 0 Å². The van der Waals surface area contributed by atoms with Crippen LogP contribution in [-0.2, 0) is 6.42 Å². The van der Waals surface area contributed by atoms with Gasteiger partial charge >= 0.3 is 0 Å². The molecule has 2 aromatic carbocycles. The Morgan fingerprint density at radius 3 is 2.71 bits per heavy atom. The van der Waals surface area contributed by atoms with E-state index in [1.807, 2.05) is 48.5 Å². The molecule has 1 aromatic heterocycles. The first-order chi connectivity index (χ1) is 10.3. The van der Waals surface area contributed by atoms with Crippen LogP contribution in [0.25, 0.3) is 11.1 Å². The third-order valence-electron chi connectivity index (χ3n) is 3.54. The molecule has 4 heteroatoms. The van der Waals surface area contributed by atoms with E-state index in [1.165, 1.54) is 0 Å². The summed E-state index contributed by atoms with van der Waals surface area (Å²) >= 11 is 0. The number of nitrogens with zero attached hydrogens (tertiary/aromatic N) is 1. The van der Waals surface area contributed by atoms with Gasteiger partial charge in [-0.05, 0) is 24.1 Å². The summed E-state index contributed by atoms with van der Waals surface area (Å²) in [5.41, 5.74) is 8.84. The SMILES string of the molecule is COc1cccc2oc(CCC(N)c3ccccc3)nc12. The minimum Gasteiger partial charge on any atom is -0.494 e. The summed E-state index contributed by atoms with van der Waals surface area (Å²) in [6.45, 7) is 0. The molecule has 3 rings (SSSR count). The van der Waals surface area contributed by atoms with Crippen molar-refractivity contribution in [2.45, 2.75) is 18.9 Å². The molecule has 0 amide bonds. The summed E-state index contributed by atoms with van der Waals surface area (Å²) in [4.78, 5) is 4.50. The minimum atomic E-state index is -0.0110. The number of aromatic nitrogens is 1. The normalized spacial score (nSPS) is 12.5. The van der Waals surface area contributed by atoms with Crippen LogP contribution in [0.2, 0.25) is 0 Å². The number of hydrogen-bond donors (Lipinski definition) is 1. The van der Waals surface area contributed by atoms with Crippen molar-refractivity contribution >= 4 is 11.1 Å². The van der Waals surface area contributed by atoms with Crippen LogP contribution in [0.15, 0.2) is 52.9 Å². The van der Waals surface area contributed by atoms with E-state index >= 15 is 0 Å². The van der Waals surface area contributed by atoms with Crippen molar-refractivity contribution in [2.24, 2.45) is 5.73 Å². The van der Waals surface area contributed by atoms with Crippen LogP contribution >= 0.6 is 0 Å². The van der Waals surface area contributed by atoms with E-state index in [4.69, 9.17) is 14.9 Å². The maximum absolute atomic E-state index is 6.20. The molecule has 2 N–H and O–H groups in total. The minimum absolute atomic E-state index is 0.0110. The number of ether oxygens (including phenoxy) is 1. The Labute approximate surface area is 123 Å². The zero-order valence-corrected chi connectivity index (χ0v) is 12.0. The maximum Gasteiger partial charge on any atom is 0.195 e. The van der Waals surface area contributed by atoms with Crippen molar-refractivity contribution in [3.8, 4) is 5.75 Å². The van der Waals surface area contributed by atoms with Crippen molar-refractivity contribution in [2.75, 3.05) is 7.11 Å². The number of nitrogens with two attached hydrogens (primary N) is 1. The van der Waals surface area contributed by atoms with Crippen LogP contribution in [0.5, 0.6) is 5.75 Å². The van der Waals surface area contributed by atoms with E-state index in [2.05, 4.69) is 4.98 Å². The van der Waals surface area contributed by atoms with Crippen molar-refractivity contribution in [3.05, 3.63) is 60.0 Å². The highest BCUT2D eigenvalue weighted by molar-refractivity contribution is 5.79. The van der Waals surface area contributed by atoms with Gasteiger partial charge in [-0.1, -0.05) is 36.4 Å². The molecule has 4 nitrogen and oxygen atoms in total.